The highest BCUT2D eigenvalue weighted by Crippen LogP contribution is 2.52. The fraction of sp³-hybridized carbons (Fsp3) is 0.0492. The van der Waals surface area contributed by atoms with Gasteiger partial charge in [0.25, 0.3) is 0 Å². The summed E-state index contributed by atoms with van der Waals surface area (Å²) in [4.78, 5) is 2.40. The van der Waals surface area contributed by atoms with E-state index in [0.717, 1.165) is 55.8 Å². The van der Waals surface area contributed by atoms with E-state index >= 15 is 0 Å². The summed E-state index contributed by atoms with van der Waals surface area (Å²) in [6.45, 7) is 4.73. The van der Waals surface area contributed by atoms with Gasteiger partial charge in [0.2, 0.25) is 0 Å². The molecule has 302 valence electrons. The third-order valence-electron chi connectivity index (χ3n) is 13.8. The molecule has 0 amide bonds. The molecule has 0 fully saturated rings. The predicted molar refractivity (Wildman–Crippen MR) is 269 cm³/mol. The number of nitrogens with zero attached hydrogens (tertiary/aromatic N) is 2. The topological polar surface area (TPSA) is 21.3 Å². The Morgan fingerprint density at radius 1 is 0.422 bits per heavy atom. The minimum absolute atomic E-state index is 0.116. The summed E-state index contributed by atoms with van der Waals surface area (Å²) in [5.74, 6) is 0. The van der Waals surface area contributed by atoms with Crippen LogP contribution in [-0.4, -0.2) is 4.57 Å². The van der Waals surface area contributed by atoms with E-state index in [-0.39, 0.29) is 5.41 Å². The normalized spacial score (nSPS) is 13.0. The molecule has 0 atom stereocenters. The molecule has 3 nitrogen and oxygen atoms in total. The molecule has 2 aromatic heterocycles. The number of aromatic nitrogens is 1. The summed E-state index contributed by atoms with van der Waals surface area (Å²) in [6.07, 6.45) is 0. The molecule has 0 saturated heterocycles. The lowest BCUT2D eigenvalue weighted by molar-refractivity contribution is 0.662. The molecule has 0 unspecified atom stereocenters. The van der Waals surface area contributed by atoms with Gasteiger partial charge in [0.15, 0.2) is 0 Å². The third-order valence-corrected chi connectivity index (χ3v) is 13.8. The first-order valence-electron chi connectivity index (χ1n) is 22.2. The van der Waals surface area contributed by atoms with E-state index in [1.165, 1.54) is 66.0 Å². The second-order valence-electron chi connectivity index (χ2n) is 17.7. The highest BCUT2D eigenvalue weighted by atomic mass is 16.3. The number of benzene rings is 10. The van der Waals surface area contributed by atoms with Crippen LogP contribution in [0.2, 0.25) is 0 Å². The monoisotopic (exact) mass is 818 g/mol. The Hall–Kier alpha value is -8.14. The van der Waals surface area contributed by atoms with Gasteiger partial charge in [-0.1, -0.05) is 166 Å². The van der Waals surface area contributed by atoms with Crippen LogP contribution in [0.1, 0.15) is 25.0 Å². The first kappa shape index (κ1) is 36.5. The molecule has 0 N–H and O–H groups in total. The molecule has 1 aliphatic carbocycles. The Morgan fingerprint density at radius 3 is 1.72 bits per heavy atom. The van der Waals surface area contributed by atoms with E-state index < -0.39 is 0 Å². The molecule has 0 saturated carbocycles. The van der Waals surface area contributed by atoms with Crippen molar-refractivity contribution in [2.75, 3.05) is 4.90 Å². The Bertz CT molecular complexity index is 3760. The zero-order valence-electron chi connectivity index (χ0n) is 35.6. The van der Waals surface area contributed by atoms with Crippen LogP contribution in [0, 0.1) is 0 Å². The number of furan rings is 1. The van der Waals surface area contributed by atoms with E-state index in [9.17, 15) is 0 Å². The van der Waals surface area contributed by atoms with Crippen molar-refractivity contribution in [2.24, 2.45) is 0 Å². The highest BCUT2D eigenvalue weighted by Gasteiger charge is 2.37. The number of para-hydroxylation sites is 4. The van der Waals surface area contributed by atoms with Crippen molar-refractivity contribution in [1.82, 2.24) is 4.57 Å². The van der Waals surface area contributed by atoms with Gasteiger partial charge >= 0.3 is 0 Å². The van der Waals surface area contributed by atoms with Gasteiger partial charge in [0.1, 0.15) is 11.2 Å². The van der Waals surface area contributed by atoms with E-state index in [1.54, 1.807) is 0 Å². The Labute approximate surface area is 371 Å². The quantitative estimate of drug-likeness (QED) is 0.167. The molecule has 10 aromatic carbocycles. The minimum atomic E-state index is -0.116. The van der Waals surface area contributed by atoms with Crippen LogP contribution in [0.15, 0.2) is 223 Å². The van der Waals surface area contributed by atoms with Crippen molar-refractivity contribution in [3.8, 4) is 39.1 Å². The molecule has 0 radical (unpaired) electrons. The second-order valence-corrected chi connectivity index (χ2v) is 17.7. The van der Waals surface area contributed by atoms with Crippen LogP contribution in [0.4, 0.5) is 17.1 Å². The van der Waals surface area contributed by atoms with Crippen LogP contribution in [0.3, 0.4) is 0 Å². The largest absolute Gasteiger partial charge is 0.455 e. The molecule has 3 heteroatoms. The Morgan fingerprint density at radius 2 is 0.969 bits per heavy atom. The van der Waals surface area contributed by atoms with Crippen molar-refractivity contribution in [3.05, 3.63) is 230 Å². The molecular formula is C61H42N2O. The van der Waals surface area contributed by atoms with Gasteiger partial charge in [-0.25, -0.2) is 0 Å². The van der Waals surface area contributed by atoms with Crippen LogP contribution >= 0.6 is 0 Å². The molecule has 0 aliphatic heterocycles. The summed E-state index contributed by atoms with van der Waals surface area (Å²) < 4.78 is 9.22. The number of hydrogen-bond acceptors (Lipinski definition) is 2. The molecule has 64 heavy (non-hydrogen) atoms. The molecule has 13 rings (SSSR count). The first-order chi connectivity index (χ1) is 31.5. The van der Waals surface area contributed by atoms with Gasteiger partial charge in [0, 0.05) is 55.1 Å². The van der Waals surface area contributed by atoms with E-state index in [2.05, 4.69) is 242 Å². The van der Waals surface area contributed by atoms with Gasteiger partial charge in [-0.3, -0.25) is 0 Å². The number of rotatable bonds is 6. The summed E-state index contributed by atoms with van der Waals surface area (Å²) >= 11 is 0. The molecule has 2 heterocycles. The lowest BCUT2D eigenvalue weighted by atomic mass is 9.79. The maximum Gasteiger partial charge on any atom is 0.143 e. The second kappa shape index (κ2) is 13.9. The SMILES string of the molecule is CC1(C)c2ccccc2-c2cccc(-c3ccc(N(c4ccc(-n5c6ccccc6c6ccccc65)cc4)c4ccccc4-c4cccc5c4oc4cc6ccccc6cc45)cc3)c21. The van der Waals surface area contributed by atoms with Gasteiger partial charge in [-0.05, 0) is 111 Å². The van der Waals surface area contributed by atoms with Gasteiger partial charge in [0.05, 0.1) is 16.7 Å². The van der Waals surface area contributed by atoms with Gasteiger partial charge < -0.3 is 13.9 Å². The number of anilines is 3. The summed E-state index contributed by atoms with van der Waals surface area (Å²) in [5, 5.41) is 7.11. The van der Waals surface area contributed by atoms with E-state index in [4.69, 9.17) is 4.42 Å². The van der Waals surface area contributed by atoms with Crippen molar-refractivity contribution in [2.45, 2.75) is 19.3 Å². The minimum Gasteiger partial charge on any atom is -0.455 e. The predicted octanol–water partition coefficient (Wildman–Crippen LogP) is 16.9. The summed E-state index contributed by atoms with van der Waals surface area (Å²) in [6, 6.07) is 79.5. The fourth-order valence-corrected chi connectivity index (χ4v) is 10.8. The summed E-state index contributed by atoms with van der Waals surface area (Å²) in [7, 11) is 0. The van der Waals surface area contributed by atoms with E-state index in [1.807, 2.05) is 0 Å². The maximum absolute atomic E-state index is 6.84. The lowest BCUT2D eigenvalue weighted by Gasteiger charge is -2.29. The van der Waals surface area contributed by atoms with Crippen molar-refractivity contribution >= 4 is 71.6 Å². The molecule has 1 aliphatic rings. The standard InChI is InChI=1S/C61H42N2O/c1-61(2)54-25-9-5-17-46(54)50-22-13-21-45(59(50)61)39-29-31-42(32-30-39)62(43-33-35-44(36-34-43)63-56-27-11-6-18-47(56)48-19-7-12-28-57(48)63)55-26-10-8-20-49(55)51-23-14-24-52-53-37-40-15-3-4-16-41(40)38-58(53)64-60(51)52/h3-38H,1-2H3. The van der Waals surface area contributed by atoms with E-state index in [0.29, 0.717) is 0 Å². The average molecular weight is 819 g/mol. The average Bonchev–Trinajstić information content (AvgIpc) is 3.96. The van der Waals surface area contributed by atoms with Gasteiger partial charge in [-0.2, -0.15) is 0 Å². The fourth-order valence-electron chi connectivity index (χ4n) is 10.8. The number of hydrogen-bond donors (Lipinski definition) is 0. The lowest BCUT2D eigenvalue weighted by Crippen LogP contribution is -2.16. The smallest absolute Gasteiger partial charge is 0.143 e. The van der Waals surface area contributed by atoms with Crippen LogP contribution in [0.25, 0.3) is 93.6 Å². The van der Waals surface area contributed by atoms with Crippen LogP contribution in [-0.2, 0) is 5.41 Å². The third kappa shape index (κ3) is 5.41. The molecule has 0 bridgehead atoms. The van der Waals surface area contributed by atoms with Crippen molar-refractivity contribution in [1.29, 1.82) is 0 Å². The number of fused-ring (bicyclic) bond motifs is 10. The molecule has 12 aromatic rings. The summed E-state index contributed by atoms with van der Waals surface area (Å²) in [5.41, 5.74) is 18.4. The van der Waals surface area contributed by atoms with Crippen molar-refractivity contribution in [3.63, 3.8) is 0 Å². The Balaban J connectivity index is 0.983. The Kier molecular flexibility index (Phi) is 7.95. The maximum atomic E-state index is 6.84. The zero-order chi connectivity index (χ0) is 42.5. The highest BCUT2D eigenvalue weighted by molar-refractivity contribution is 6.14. The van der Waals surface area contributed by atoms with Gasteiger partial charge in [-0.15, -0.1) is 0 Å². The zero-order valence-corrected chi connectivity index (χ0v) is 35.6. The molecule has 0 spiro atoms. The van der Waals surface area contributed by atoms with Crippen LogP contribution < -0.4 is 4.90 Å². The molecular weight excluding hydrogens is 777 g/mol. The van der Waals surface area contributed by atoms with Crippen molar-refractivity contribution < 1.29 is 4.42 Å². The van der Waals surface area contributed by atoms with Crippen LogP contribution in [0.5, 0.6) is 0 Å². The first-order valence-corrected chi connectivity index (χ1v) is 22.2.